The van der Waals surface area contributed by atoms with Gasteiger partial charge in [0.2, 0.25) is 16.2 Å². The highest BCUT2D eigenvalue weighted by Gasteiger charge is 2.23. The number of hydrogen-bond acceptors (Lipinski definition) is 7. The second-order valence-electron chi connectivity index (χ2n) is 7.20. The maximum absolute atomic E-state index is 13.2. The summed E-state index contributed by atoms with van der Waals surface area (Å²) in [5.41, 5.74) is 1.82. The SMILES string of the molecule is CCSc1nsc(NC(=O)C(Sc2ccc(NC(=O)c3ccc(F)cc3)cc2)c2ccccc2)n1. The van der Waals surface area contributed by atoms with Crippen LogP contribution in [0.4, 0.5) is 15.2 Å². The normalized spacial score (nSPS) is 11.6. The van der Waals surface area contributed by atoms with Crippen molar-refractivity contribution < 1.29 is 14.0 Å². The van der Waals surface area contributed by atoms with Gasteiger partial charge in [0.25, 0.3) is 5.91 Å². The van der Waals surface area contributed by atoms with Crippen LogP contribution in [0, 0.1) is 5.82 Å². The van der Waals surface area contributed by atoms with E-state index in [0.29, 0.717) is 21.5 Å². The monoisotopic (exact) mass is 524 g/mol. The molecule has 3 aromatic carbocycles. The van der Waals surface area contributed by atoms with Crippen LogP contribution in [0.3, 0.4) is 0 Å². The molecule has 2 amide bonds. The summed E-state index contributed by atoms with van der Waals surface area (Å²) in [6, 6.07) is 22.1. The zero-order chi connectivity index (χ0) is 24.6. The molecule has 1 heterocycles. The zero-order valence-corrected chi connectivity index (χ0v) is 21.1. The Morgan fingerprint density at radius 3 is 2.37 bits per heavy atom. The smallest absolute Gasteiger partial charge is 0.255 e. The average molecular weight is 525 g/mol. The number of benzene rings is 3. The third-order valence-corrected chi connectivity index (χ3v) is 7.47. The number of carbonyl (C=O) groups is 2. The van der Waals surface area contributed by atoms with Crippen molar-refractivity contribution in [2.24, 2.45) is 0 Å². The minimum atomic E-state index is -0.512. The molecule has 178 valence electrons. The van der Waals surface area contributed by atoms with Gasteiger partial charge in [0, 0.05) is 27.7 Å². The number of halogens is 1. The number of thioether (sulfide) groups is 2. The summed E-state index contributed by atoms with van der Waals surface area (Å²) < 4.78 is 17.3. The van der Waals surface area contributed by atoms with Gasteiger partial charge in [-0.05, 0) is 59.8 Å². The third-order valence-electron chi connectivity index (χ3n) is 4.72. The number of hydrogen-bond donors (Lipinski definition) is 2. The molecule has 0 saturated heterocycles. The molecule has 1 atom stereocenters. The van der Waals surface area contributed by atoms with E-state index in [2.05, 4.69) is 20.0 Å². The van der Waals surface area contributed by atoms with Crippen molar-refractivity contribution in [2.45, 2.75) is 22.2 Å². The van der Waals surface area contributed by atoms with Crippen LogP contribution in [-0.2, 0) is 4.79 Å². The van der Waals surface area contributed by atoms with E-state index in [1.165, 1.54) is 47.8 Å². The first-order valence-electron chi connectivity index (χ1n) is 10.7. The quantitative estimate of drug-likeness (QED) is 0.243. The van der Waals surface area contributed by atoms with Gasteiger partial charge in [-0.15, -0.1) is 11.8 Å². The van der Waals surface area contributed by atoms with E-state index in [4.69, 9.17) is 0 Å². The Morgan fingerprint density at radius 1 is 0.971 bits per heavy atom. The van der Waals surface area contributed by atoms with Crippen LogP contribution < -0.4 is 10.6 Å². The Labute approximate surface area is 214 Å². The molecule has 0 saturated carbocycles. The molecule has 0 spiro atoms. The van der Waals surface area contributed by atoms with Crippen molar-refractivity contribution in [3.05, 3.63) is 95.8 Å². The van der Waals surface area contributed by atoms with Crippen LogP contribution in [-0.4, -0.2) is 26.9 Å². The zero-order valence-electron chi connectivity index (χ0n) is 18.6. The Bertz CT molecular complexity index is 1280. The molecule has 4 aromatic rings. The summed E-state index contributed by atoms with van der Waals surface area (Å²) in [6.07, 6.45) is 0. The molecule has 2 N–H and O–H groups in total. The van der Waals surface area contributed by atoms with Crippen LogP contribution in [0.25, 0.3) is 0 Å². The molecule has 1 aromatic heterocycles. The van der Waals surface area contributed by atoms with Crippen LogP contribution in [0.5, 0.6) is 0 Å². The van der Waals surface area contributed by atoms with Gasteiger partial charge >= 0.3 is 0 Å². The van der Waals surface area contributed by atoms with E-state index >= 15 is 0 Å². The summed E-state index contributed by atoms with van der Waals surface area (Å²) in [4.78, 5) is 30.8. The number of nitrogens with zero attached hydrogens (tertiary/aromatic N) is 2. The number of carbonyl (C=O) groups excluding carboxylic acids is 2. The Balaban J connectivity index is 1.46. The van der Waals surface area contributed by atoms with Gasteiger partial charge in [0.15, 0.2) is 0 Å². The molecular formula is C25H21FN4O2S3. The maximum atomic E-state index is 13.2. The molecule has 0 bridgehead atoms. The molecule has 0 aliphatic rings. The number of nitrogens with one attached hydrogen (secondary N) is 2. The number of rotatable bonds is 9. The lowest BCUT2D eigenvalue weighted by molar-refractivity contribution is -0.115. The van der Waals surface area contributed by atoms with E-state index in [1.54, 1.807) is 12.1 Å². The molecular weight excluding hydrogens is 504 g/mol. The van der Waals surface area contributed by atoms with Crippen LogP contribution in [0.1, 0.15) is 28.1 Å². The summed E-state index contributed by atoms with van der Waals surface area (Å²) in [7, 11) is 0. The van der Waals surface area contributed by atoms with Crippen molar-refractivity contribution in [1.29, 1.82) is 0 Å². The first-order chi connectivity index (χ1) is 17.0. The van der Waals surface area contributed by atoms with E-state index < -0.39 is 11.1 Å². The first-order valence-corrected chi connectivity index (χ1v) is 13.3. The second kappa shape index (κ2) is 12.0. The minimum Gasteiger partial charge on any atom is -0.322 e. The van der Waals surface area contributed by atoms with E-state index in [9.17, 15) is 14.0 Å². The number of anilines is 2. The van der Waals surface area contributed by atoms with Crippen LogP contribution in [0.15, 0.2) is 88.9 Å². The molecule has 10 heteroatoms. The van der Waals surface area contributed by atoms with Gasteiger partial charge in [-0.2, -0.15) is 9.36 Å². The lowest BCUT2D eigenvalue weighted by atomic mass is 10.1. The predicted octanol–water partition coefficient (Wildman–Crippen LogP) is 6.51. The standard InChI is InChI=1S/C25H21FN4O2S3/c1-2-33-25-29-24(35-30-25)28-23(32)21(16-6-4-3-5-7-16)34-20-14-12-19(13-15-20)27-22(31)17-8-10-18(26)11-9-17/h3-15,21H,2H2,1H3,(H,27,31)(H,28,29,30,32). The van der Waals surface area contributed by atoms with E-state index in [0.717, 1.165) is 27.7 Å². The van der Waals surface area contributed by atoms with Crippen molar-refractivity contribution in [3.8, 4) is 0 Å². The Morgan fingerprint density at radius 2 is 1.69 bits per heavy atom. The topological polar surface area (TPSA) is 84.0 Å². The van der Waals surface area contributed by atoms with Gasteiger partial charge in [-0.25, -0.2) is 4.39 Å². The van der Waals surface area contributed by atoms with Gasteiger partial charge in [-0.3, -0.25) is 14.9 Å². The van der Waals surface area contributed by atoms with Gasteiger partial charge in [0.05, 0.1) is 0 Å². The molecule has 0 fully saturated rings. The summed E-state index contributed by atoms with van der Waals surface area (Å²) >= 11 is 4.08. The molecule has 1 unspecified atom stereocenters. The Hall–Kier alpha value is -3.21. The maximum Gasteiger partial charge on any atom is 0.255 e. The average Bonchev–Trinajstić information content (AvgIpc) is 3.31. The van der Waals surface area contributed by atoms with Crippen molar-refractivity contribution in [3.63, 3.8) is 0 Å². The second-order valence-corrected chi connectivity index (χ2v) is 10.4. The lowest BCUT2D eigenvalue weighted by Gasteiger charge is -2.16. The minimum absolute atomic E-state index is 0.195. The van der Waals surface area contributed by atoms with E-state index in [1.807, 2.05) is 49.4 Å². The Kier molecular flexibility index (Phi) is 8.51. The third kappa shape index (κ3) is 6.91. The molecule has 4 rings (SSSR count). The highest BCUT2D eigenvalue weighted by Crippen LogP contribution is 2.37. The summed E-state index contributed by atoms with van der Waals surface area (Å²) in [6.45, 7) is 2.02. The number of aromatic nitrogens is 2. The summed E-state index contributed by atoms with van der Waals surface area (Å²) in [5, 5.41) is 6.28. The molecule has 0 radical (unpaired) electrons. The highest BCUT2D eigenvalue weighted by molar-refractivity contribution is 8.00. The van der Waals surface area contributed by atoms with Crippen LogP contribution >= 0.6 is 35.1 Å². The van der Waals surface area contributed by atoms with Crippen molar-refractivity contribution in [2.75, 3.05) is 16.4 Å². The van der Waals surface area contributed by atoms with Gasteiger partial charge < -0.3 is 5.32 Å². The predicted molar refractivity (Wildman–Crippen MR) is 141 cm³/mol. The fourth-order valence-electron chi connectivity index (χ4n) is 3.08. The molecule has 0 aliphatic carbocycles. The molecule has 0 aliphatic heterocycles. The fraction of sp³-hybridized carbons (Fsp3) is 0.120. The van der Waals surface area contributed by atoms with Crippen LogP contribution in [0.2, 0.25) is 0 Å². The summed E-state index contributed by atoms with van der Waals surface area (Å²) in [5.74, 6) is -0.0671. The van der Waals surface area contributed by atoms with Crippen molar-refractivity contribution >= 4 is 57.7 Å². The van der Waals surface area contributed by atoms with E-state index in [-0.39, 0.29) is 11.8 Å². The largest absolute Gasteiger partial charge is 0.322 e. The fourth-order valence-corrected chi connectivity index (χ4v) is 5.38. The lowest BCUT2D eigenvalue weighted by Crippen LogP contribution is -2.19. The first kappa shape index (κ1) is 24.9. The molecule has 6 nitrogen and oxygen atoms in total. The van der Waals surface area contributed by atoms with Crippen molar-refractivity contribution in [1.82, 2.24) is 9.36 Å². The molecule has 35 heavy (non-hydrogen) atoms. The van der Waals surface area contributed by atoms with Gasteiger partial charge in [0.1, 0.15) is 11.1 Å². The number of amides is 2. The highest BCUT2D eigenvalue weighted by atomic mass is 32.2. The van der Waals surface area contributed by atoms with Gasteiger partial charge in [-0.1, -0.05) is 49.0 Å².